The Balaban J connectivity index is 1.58. The number of aromatic nitrogens is 4. The minimum Gasteiger partial charge on any atom is -0.462 e. The molecule has 0 spiro atoms. The van der Waals surface area contributed by atoms with Gasteiger partial charge < -0.3 is 14.8 Å². The number of esters is 1. The van der Waals surface area contributed by atoms with Gasteiger partial charge in [-0.2, -0.15) is 14.4 Å². The predicted octanol–water partition coefficient (Wildman–Crippen LogP) is 6.24. The zero-order chi connectivity index (χ0) is 28.1. The van der Waals surface area contributed by atoms with Gasteiger partial charge in [-0.05, 0) is 25.7 Å². The lowest BCUT2D eigenvalue weighted by Crippen LogP contribution is -2.34. The Bertz CT molecular complexity index is 1130. The van der Waals surface area contributed by atoms with Crippen LogP contribution < -0.4 is 5.32 Å². The number of halogens is 1. The number of imidazole rings is 1. The molecule has 9 nitrogen and oxygen atoms in total. The van der Waals surface area contributed by atoms with Crippen LogP contribution in [0.5, 0.6) is 0 Å². The summed E-state index contributed by atoms with van der Waals surface area (Å²) in [7, 11) is 0. The summed E-state index contributed by atoms with van der Waals surface area (Å²) < 4.78 is 27.5. The molecule has 1 N–H and O–H groups in total. The van der Waals surface area contributed by atoms with Crippen molar-refractivity contribution in [3.05, 3.63) is 12.4 Å². The topological polar surface area (TPSA) is 108 Å². The Morgan fingerprint density at radius 2 is 1.77 bits per heavy atom. The second-order valence-electron chi connectivity index (χ2n) is 10.3. The van der Waals surface area contributed by atoms with E-state index >= 15 is 0 Å². The van der Waals surface area contributed by atoms with Crippen LogP contribution in [0.2, 0.25) is 0 Å². The maximum Gasteiger partial charge on any atom is 0.312 e. The maximum atomic E-state index is 14.4. The number of unbranched alkanes of at least 4 members (excludes halogenated alkanes) is 9. The number of fused-ring (bicyclic) bond motifs is 1. The molecule has 10 heteroatoms. The molecule has 2 aromatic heterocycles. The highest BCUT2D eigenvalue weighted by Crippen LogP contribution is 2.38. The Morgan fingerprint density at radius 3 is 2.49 bits per heavy atom. The van der Waals surface area contributed by atoms with Crippen LogP contribution in [0.1, 0.15) is 116 Å². The van der Waals surface area contributed by atoms with Crippen LogP contribution in [-0.4, -0.2) is 43.6 Å². The van der Waals surface area contributed by atoms with Gasteiger partial charge in [-0.15, -0.1) is 6.42 Å². The quantitative estimate of drug-likeness (QED) is 0.109. The van der Waals surface area contributed by atoms with Crippen molar-refractivity contribution >= 4 is 28.9 Å². The van der Waals surface area contributed by atoms with Crippen molar-refractivity contribution in [2.24, 2.45) is 0 Å². The summed E-state index contributed by atoms with van der Waals surface area (Å²) in [6, 6.07) is 0. The highest BCUT2D eigenvalue weighted by molar-refractivity contribution is 5.96. The van der Waals surface area contributed by atoms with Crippen molar-refractivity contribution in [2.45, 2.75) is 122 Å². The number of rotatable bonds is 17. The van der Waals surface area contributed by atoms with E-state index in [0.29, 0.717) is 25.7 Å². The van der Waals surface area contributed by atoms with Crippen LogP contribution in [-0.2, 0) is 19.1 Å². The van der Waals surface area contributed by atoms with Gasteiger partial charge in [-0.25, -0.2) is 4.98 Å². The molecule has 214 valence electrons. The van der Waals surface area contributed by atoms with E-state index in [2.05, 4.69) is 40.0 Å². The standard InChI is InChI=1S/C29H42FN5O4/c1-4-7-9-11-12-13-14-16-22(36)32-26-25-27(34-28(30)33-26)35(21-31-25)23-18-19-29(6-3,39-23)20-38-24(37)17-15-10-8-5-2/h3,21,23H,4-5,7-20H2,1-2H3,(H,32,33,34,36)/t23-,29+/m1/s1. The number of carbonyl (C=O) groups is 2. The summed E-state index contributed by atoms with van der Waals surface area (Å²) in [5.41, 5.74) is -0.622. The monoisotopic (exact) mass is 543 g/mol. The van der Waals surface area contributed by atoms with E-state index in [4.69, 9.17) is 15.9 Å². The minimum atomic E-state index is -1.08. The first-order chi connectivity index (χ1) is 18.9. The number of hydrogen-bond acceptors (Lipinski definition) is 7. The second-order valence-corrected chi connectivity index (χ2v) is 10.3. The normalized spacial score (nSPS) is 18.8. The lowest BCUT2D eigenvalue weighted by atomic mass is 10.0. The van der Waals surface area contributed by atoms with E-state index in [1.54, 1.807) is 4.57 Å². The predicted molar refractivity (Wildman–Crippen MR) is 147 cm³/mol. The molecule has 1 aliphatic rings. The van der Waals surface area contributed by atoms with E-state index in [1.165, 1.54) is 32.0 Å². The van der Waals surface area contributed by atoms with E-state index in [-0.39, 0.29) is 35.5 Å². The summed E-state index contributed by atoms with van der Waals surface area (Å²) in [6.45, 7) is 4.24. The number of nitrogens with zero attached hydrogens (tertiary/aromatic N) is 4. The molecule has 1 fully saturated rings. The van der Waals surface area contributed by atoms with Crippen molar-refractivity contribution < 1.29 is 23.5 Å². The zero-order valence-corrected chi connectivity index (χ0v) is 23.3. The van der Waals surface area contributed by atoms with Crippen LogP contribution in [0.4, 0.5) is 10.2 Å². The number of nitrogens with one attached hydrogen (secondary N) is 1. The van der Waals surface area contributed by atoms with Gasteiger partial charge in [0.1, 0.15) is 12.8 Å². The Morgan fingerprint density at radius 1 is 1.10 bits per heavy atom. The maximum absolute atomic E-state index is 14.4. The second kappa shape index (κ2) is 15.5. The molecular formula is C29H42FN5O4. The molecule has 0 saturated carbocycles. The van der Waals surface area contributed by atoms with Crippen molar-refractivity contribution in [2.75, 3.05) is 11.9 Å². The zero-order valence-electron chi connectivity index (χ0n) is 23.3. The first-order valence-electron chi connectivity index (χ1n) is 14.4. The molecule has 0 aliphatic carbocycles. The van der Waals surface area contributed by atoms with Crippen molar-refractivity contribution in [3.8, 4) is 12.3 Å². The van der Waals surface area contributed by atoms with Crippen LogP contribution >= 0.6 is 0 Å². The number of hydrogen-bond donors (Lipinski definition) is 1. The highest BCUT2D eigenvalue weighted by atomic mass is 19.1. The molecular weight excluding hydrogens is 501 g/mol. The molecule has 0 unspecified atom stereocenters. The number of amides is 1. The lowest BCUT2D eigenvalue weighted by Gasteiger charge is -2.23. The molecule has 0 radical (unpaired) electrons. The van der Waals surface area contributed by atoms with Gasteiger partial charge in [0.15, 0.2) is 22.6 Å². The van der Waals surface area contributed by atoms with Gasteiger partial charge in [0.05, 0.1) is 6.33 Å². The average molecular weight is 544 g/mol. The number of ether oxygens (including phenoxy) is 2. The van der Waals surface area contributed by atoms with Gasteiger partial charge >= 0.3 is 12.0 Å². The van der Waals surface area contributed by atoms with Gasteiger partial charge in [0, 0.05) is 12.8 Å². The number of anilines is 1. The molecule has 3 rings (SSSR count). The fourth-order valence-electron chi connectivity index (χ4n) is 4.78. The van der Waals surface area contributed by atoms with Crippen LogP contribution in [0.25, 0.3) is 11.2 Å². The summed E-state index contributed by atoms with van der Waals surface area (Å²) >= 11 is 0. The SMILES string of the molecule is C#C[C@@]1(COC(=O)CCCCCC)CC[C@H](n2cnc3c(NC(=O)CCCCCCCCC)nc(F)nc32)O1. The fraction of sp³-hybridized carbons (Fsp3) is 0.690. The fourth-order valence-corrected chi connectivity index (χ4v) is 4.78. The van der Waals surface area contributed by atoms with E-state index in [0.717, 1.165) is 44.9 Å². The average Bonchev–Trinajstić information content (AvgIpc) is 3.54. The molecule has 3 heterocycles. The number of carbonyl (C=O) groups excluding carboxylic acids is 2. The number of terminal acetylenes is 1. The molecule has 0 bridgehead atoms. The molecule has 39 heavy (non-hydrogen) atoms. The van der Waals surface area contributed by atoms with Crippen molar-refractivity contribution in [1.82, 2.24) is 19.5 Å². The van der Waals surface area contributed by atoms with Gasteiger partial charge in [0.25, 0.3) is 0 Å². The molecule has 1 amide bonds. The van der Waals surface area contributed by atoms with Gasteiger partial charge in [-0.3, -0.25) is 14.2 Å². The largest absolute Gasteiger partial charge is 0.462 e. The van der Waals surface area contributed by atoms with E-state index in [9.17, 15) is 14.0 Å². The van der Waals surface area contributed by atoms with E-state index < -0.39 is 17.9 Å². The van der Waals surface area contributed by atoms with Gasteiger partial charge in [0.2, 0.25) is 5.91 Å². The van der Waals surface area contributed by atoms with Crippen LogP contribution in [0.15, 0.2) is 6.33 Å². The third kappa shape index (κ3) is 8.99. The summed E-state index contributed by atoms with van der Waals surface area (Å²) in [5, 5.41) is 2.69. The summed E-state index contributed by atoms with van der Waals surface area (Å²) in [5.74, 6) is 2.13. The van der Waals surface area contributed by atoms with Crippen molar-refractivity contribution in [1.29, 1.82) is 0 Å². The highest BCUT2D eigenvalue weighted by Gasteiger charge is 2.41. The molecule has 1 aliphatic heterocycles. The Hall–Kier alpha value is -3.06. The molecule has 1 saturated heterocycles. The first kappa shape index (κ1) is 30.5. The minimum absolute atomic E-state index is 0.0300. The third-order valence-electron chi connectivity index (χ3n) is 7.09. The Kier molecular flexibility index (Phi) is 12.1. The lowest BCUT2D eigenvalue weighted by molar-refractivity contribution is -0.152. The van der Waals surface area contributed by atoms with E-state index in [1.807, 2.05) is 0 Å². The molecule has 0 aromatic carbocycles. The molecule has 2 aromatic rings. The third-order valence-corrected chi connectivity index (χ3v) is 7.09. The summed E-state index contributed by atoms with van der Waals surface area (Å²) in [6.07, 6.45) is 18.9. The van der Waals surface area contributed by atoms with Crippen LogP contribution in [0.3, 0.4) is 0 Å². The smallest absolute Gasteiger partial charge is 0.312 e. The summed E-state index contributed by atoms with van der Waals surface area (Å²) in [4.78, 5) is 36.7. The van der Waals surface area contributed by atoms with Crippen LogP contribution in [0, 0.1) is 18.4 Å². The molecule has 2 atom stereocenters. The first-order valence-corrected chi connectivity index (χ1v) is 14.4. The Labute approximate surface area is 230 Å². The van der Waals surface area contributed by atoms with Gasteiger partial charge in [-0.1, -0.05) is 77.6 Å². The van der Waals surface area contributed by atoms with Crippen molar-refractivity contribution in [3.63, 3.8) is 0 Å².